The minimum Gasteiger partial charge on any atom is -0.480 e. The van der Waals surface area contributed by atoms with Gasteiger partial charge in [0.1, 0.15) is 5.54 Å². The van der Waals surface area contributed by atoms with Crippen molar-refractivity contribution in [3.8, 4) is 0 Å². The quantitative estimate of drug-likeness (QED) is 0.687. The van der Waals surface area contributed by atoms with E-state index in [0.717, 1.165) is 19.3 Å². The van der Waals surface area contributed by atoms with Crippen LogP contribution in [0.3, 0.4) is 0 Å². The van der Waals surface area contributed by atoms with Crippen LogP contribution >= 0.6 is 0 Å². The number of nitrogens with two attached hydrogens (primary N) is 1. The fourth-order valence-electron chi connectivity index (χ4n) is 2.56. The van der Waals surface area contributed by atoms with Crippen molar-refractivity contribution in [2.45, 2.75) is 51.5 Å². The van der Waals surface area contributed by atoms with Crippen LogP contribution in [0.1, 0.15) is 46.0 Å². The summed E-state index contributed by atoms with van der Waals surface area (Å²) in [6, 6.07) is 0. The number of hydrogen-bond acceptors (Lipinski definition) is 3. The van der Waals surface area contributed by atoms with Crippen LogP contribution in [0.15, 0.2) is 0 Å². The summed E-state index contributed by atoms with van der Waals surface area (Å²) in [6.07, 6.45) is 3.77. The zero-order chi connectivity index (χ0) is 13.8. The largest absolute Gasteiger partial charge is 0.480 e. The van der Waals surface area contributed by atoms with Crippen LogP contribution < -0.4 is 11.1 Å². The van der Waals surface area contributed by atoms with Gasteiger partial charge in [0.25, 0.3) is 0 Å². The van der Waals surface area contributed by atoms with Gasteiger partial charge in [-0.2, -0.15) is 0 Å². The van der Waals surface area contributed by atoms with Crippen LogP contribution in [-0.4, -0.2) is 29.1 Å². The lowest BCUT2D eigenvalue weighted by molar-refractivity contribution is -0.150. The molecule has 1 aliphatic carbocycles. The lowest BCUT2D eigenvalue weighted by Crippen LogP contribution is -2.58. The standard InChI is InChI=1S/C13H24N2O3/c1-9(2)10(8-14)11(16)15-13(12(17)18)6-4-3-5-7-13/h9-10H,3-8,14H2,1-2H3,(H,15,16)(H,17,18). The van der Waals surface area contributed by atoms with Gasteiger partial charge in [0.2, 0.25) is 5.91 Å². The van der Waals surface area contributed by atoms with Crippen LogP contribution in [0.5, 0.6) is 0 Å². The maximum Gasteiger partial charge on any atom is 0.329 e. The first-order chi connectivity index (χ1) is 8.43. The molecule has 5 nitrogen and oxygen atoms in total. The first-order valence-electron chi connectivity index (χ1n) is 6.68. The van der Waals surface area contributed by atoms with Crippen molar-refractivity contribution < 1.29 is 14.7 Å². The van der Waals surface area contributed by atoms with E-state index in [4.69, 9.17) is 5.73 Å². The van der Waals surface area contributed by atoms with E-state index in [1.165, 1.54) is 0 Å². The highest BCUT2D eigenvalue weighted by Crippen LogP contribution is 2.29. The number of hydrogen-bond donors (Lipinski definition) is 3. The molecule has 1 rings (SSSR count). The highest BCUT2D eigenvalue weighted by atomic mass is 16.4. The molecule has 0 bridgehead atoms. The molecular weight excluding hydrogens is 232 g/mol. The van der Waals surface area contributed by atoms with Crippen molar-refractivity contribution in [2.75, 3.05) is 6.54 Å². The summed E-state index contributed by atoms with van der Waals surface area (Å²) in [5, 5.41) is 12.1. The average molecular weight is 256 g/mol. The number of carbonyl (C=O) groups is 2. The number of carboxylic acid groups (broad SMARTS) is 1. The maximum atomic E-state index is 12.1. The van der Waals surface area contributed by atoms with Gasteiger partial charge < -0.3 is 16.2 Å². The van der Waals surface area contributed by atoms with Crippen molar-refractivity contribution >= 4 is 11.9 Å². The first kappa shape index (κ1) is 15.0. The summed E-state index contributed by atoms with van der Waals surface area (Å²) in [5.41, 5.74) is 4.52. The second kappa shape index (κ2) is 6.18. The lowest BCUT2D eigenvalue weighted by Gasteiger charge is -2.35. The number of nitrogens with one attached hydrogen (secondary N) is 1. The third-order valence-corrected chi connectivity index (χ3v) is 3.87. The summed E-state index contributed by atoms with van der Waals surface area (Å²) in [5.74, 6) is -1.35. The Bertz CT molecular complexity index is 309. The normalized spacial score (nSPS) is 20.4. The van der Waals surface area contributed by atoms with Gasteiger partial charge in [-0.05, 0) is 18.8 Å². The Morgan fingerprint density at radius 1 is 1.28 bits per heavy atom. The van der Waals surface area contributed by atoms with Gasteiger partial charge in [0, 0.05) is 6.54 Å². The van der Waals surface area contributed by atoms with E-state index in [-0.39, 0.29) is 24.3 Å². The second-order valence-corrected chi connectivity index (χ2v) is 5.52. The molecule has 1 amide bonds. The Hall–Kier alpha value is -1.10. The van der Waals surface area contributed by atoms with E-state index in [1.54, 1.807) is 0 Å². The molecule has 4 N–H and O–H groups in total. The summed E-state index contributed by atoms with van der Waals surface area (Å²) in [7, 11) is 0. The molecule has 5 heteroatoms. The van der Waals surface area contributed by atoms with Crippen molar-refractivity contribution in [3.05, 3.63) is 0 Å². The number of rotatable bonds is 5. The SMILES string of the molecule is CC(C)C(CN)C(=O)NC1(C(=O)O)CCCCC1. The Labute approximate surface area is 108 Å². The average Bonchev–Trinajstić information content (AvgIpc) is 2.30. The van der Waals surface area contributed by atoms with Gasteiger partial charge in [0.05, 0.1) is 5.92 Å². The van der Waals surface area contributed by atoms with Crippen molar-refractivity contribution in [1.29, 1.82) is 0 Å². The maximum absolute atomic E-state index is 12.1. The third kappa shape index (κ3) is 3.22. The zero-order valence-electron chi connectivity index (χ0n) is 11.2. The van der Waals surface area contributed by atoms with Gasteiger partial charge in [-0.25, -0.2) is 4.79 Å². The molecule has 0 radical (unpaired) electrons. The van der Waals surface area contributed by atoms with Crippen LogP contribution in [0.25, 0.3) is 0 Å². The zero-order valence-corrected chi connectivity index (χ0v) is 11.2. The van der Waals surface area contributed by atoms with Gasteiger partial charge in [-0.1, -0.05) is 33.1 Å². The second-order valence-electron chi connectivity index (χ2n) is 5.52. The predicted molar refractivity (Wildman–Crippen MR) is 69.0 cm³/mol. The fourth-order valence-corrected chi connectivity index (χ4v) is 2.56. The van der Waals surface area contributed by atoms with E-state index in [9.17, 15) is 14.7 Å². The summed E-state index contributed by atoms with van der Waals surface area (Å²) in [4.78, 5) is 23.6. The van der Waals surface area contributed by atoms with Gasteiger partial charge in [0.15, 0.2) is 0 Å². The summed E-state index contributed by atoms with van der Waals surface area (Å²) >= 11 is 0. The highest BCUT2D eigenvalue weighted by Gasteiger charge is 2.42. The van der Waals surface area contributed by atoms with E-state index >= 15 is 0 Å². The molecule has 1 atom stereocenters. The molecule has 0 aromatic heterocycles. The third-order valence-electron chi connectivity index (χ3n) is 3.87. The molecule has 1 unspecified atom stereocenters. The molecular formula is C13H24N2O3. The molecule has 1 aliphatic rings. The van der Waals surface area contributed by atoms with E-state index in [2.05, 4.69) is 5.32 Å². The van der Waals surface area contributed by atoms with Gasteiger partial charge >= 0.3 is 5.97 Å². The molecule has 1 fully saturated rings. The smallest absolute Gasteiger partial charge is 0.329 e. The van der Waals surface area contributed by atoms with E-state index in [1.807, 2.05) is 13.8 Å². The molecule has 0 aromatic carbocycles. The molecule has 0 aliphatic heterocycles. The number of carbonyl (C=O) groups excluding carboxylic acids is 1. The Kier molecular flexibility index (Phi) is 5.14. The van der Waals surface area contributed by atoms with Crippen molar-refractivity contribution in [2.24, 2.45) is 17.6 Å². The summed E-state index contributed by atoms with van der Waals surface area (Å²) < 4.78 is 0. The Morgan fingerprint density at radius 2 is 1.83 bits per heavy atom. The Morgan fingerprint density at radius 3 is 2.22 bits per heavy atom. The van der Waals surface area contributed by atoms with Crippen LogP contribution in [-0.2, 0) is 9.59 Å². The van der Waals surface area contributed by atoms with E-state index < -0.39 is 11.5 Å². The van der Waals surface area contributed by atoms with Gasteiger partial charge in [-0.15, -0.1) is 0 Å². The highest BCUT2D eigenvalue weighted by molar-refractivity contribution is 5.88. The molecule has 0 spiro atoms. The van der Waals surface area contributed by atoms with Crippen molar-refractivity contribution in [3.63, 3.8) is 0 Å². The Balaban J connectivity index is 2.77. The minimum absolute atomic E-state index is 0.115. The predicted octanol–water partition coefficient (Wildman–Crippen LogP) is 1.12. The first-order valence-corrected chi connectivity index (χ1v) is 6.68. The number of amides is 1. The van der Waals surface area contributed by atoms with E-state index in [0.29, 0.717) is 12.8 Å². The fraction of sp³-hybridized carbons (Fsp3) is 0.846. The van der Waals surface area contributed by atoms with Crippen LogP contribution in [0.4, 0.5) is 0 Å². The molecule has 0 heterocycles. The number of aliphatic carboxylic acids is 1. The monoisotopic (exact) mass is 256 g/mol. The van der Waals surface area contributed by atoms with Crippen LogP contribution in [0.2, 0.25) is 0 Å². The summed E-state index contributed by atoms with van der Waals surface area (Å²) in [6.45, 7) is 4.09. The molecule has 0 aromatic rings. The molecule has 104 valence electrons. The number of carboxylic acids is 1. The van der Waals surface area contributed by atoms with Gasteiger partial charge in [-0.3, -0.25) is 4.79 Å². The molecule has 1 saturated carbocycles. The lowest BCUT2D eigenvalue weighted by atomic mass is 9.81. The van der Waals surface area contributed by atoms with Crippen LogP contribution in [0, 0.1) is 11.8 Å². The van der Waals surface area contributed by atoms with Crippen molar-refractivity contribution in [1.82, 2.24) is 5.32 Å². The molecule has 0 saturated heterocycles. The molecule has 18 heavy (non-hydrogen) atoms. The minimum atomic E-state index is -1.07. The topological polar surface area (TPSA) is 92.4 Å².